The van der Waals surface area contributed by atoms with E-state index in [2.05, 4.69) is 0 Å². The molecule has 6 nitrogen and oxygen atoms in total. The third-order valence-corrected chi connectivity index (χ3v) is 3.84. The van der Waals surface area contributed by atoms with Gasteiger partial charge in [0, 0.05) is 23.3 Å². The Morgan fingerprint density at radius 1 is 1.26 bits per heavy atom. The van der Waals surface area contributed by atoms with E-state index in [1.807, 2.05) is 6.92 Å². The number of ether oxygens (including phenoxy) is 2. The van der Waals surface area contributed by atoms with Crippen LogP contribution in [0.2, 0.25) is 0 Å². The summed E-state index contributed by atoms with van der Waals surface area (Å²) in [6.07, 6.45) is 3.20. The predicted molar refractivity (Wildman–Crippen MR) is 81.4 cm³/mol. The highest BCUT2D eigenvalue weighted by Gasteiger charge is 2.44. The number of fused-ring (bicyclic) bond motifs is 3. The summed E-state index contributed by atoms with van der Waals surface area (Å²) in [6.45, 7) is 3.97. The van der Waals surface area contributed by atoms with Crippen LogP contribution in [0.25, 0.3) is 5.57 Å². The van der Waals surface area contributed by atoms with Crippen LogP contribution in [0.5, 0.6) is 11.5 Å². The second kappa shape index (κ2) is 5.15. The van der Waals surface area contributed by atoms with Crippen molar-refractivity contribution in [1.82, 2.24) is 0 Å². The fourth-order valence-electron chi connectivity index (χ4n) is 2.76. The summed E-state index contributed by atoms with van der Waals surface area (Å²) in [6, 6.07) is 2.94. The maximum Gasteiger partial charge on any atom is 0.343 e. The summed E-state index contributed by atoms with van der Waals surface area (Å²) in [5, 5.41) is 19.8. The van der Waals surface area contributed by atoms with Crippen molar-refractivity contribution in [2.24, 2.45) is 0 Å². The van der Waals surface area contributed by atoms with Crippen LogP contribution in [0.15, 0.2) is 30.0 Å². The number of benzene rings is 1. The Hall–Kier alpha value is -2.76. The number of carbonyl (C=O) groups is 2. The van der Waals surface area contributed by atoms with Crippen molar-refractivity contribution in [2.75, 3.05) is 6.61 Å². The van der Waals surface area contributed by atoms with Crippen molar-refractivity contribution in [2.45, 2.75) is 25.9 Å². The highest BCUT2D eigenvalue weighted by molar-refractivity contribution is 6.14. The third-order valence-electron chi connectivity index (χ3n) is 3.84. The SMILES string of the molecule is CCCOc1cc(O)c2c(c1)C1=CC(=O)C(O)=CC1(C)OC2=O. The molecule has 0 fully saturated rings. The van der Waals surface area contributed by atoms with E-state index >= 15 is 0 Å². The van der Waals surface area contributed by atoms with E-state index in [0.29, 0.717) is 23.5 Å². The van der Waals surface area contributed by atoms with Gasteiger partial charge in [-0.05, 0) is 25.5 Å². The Kier molecular flexibility index (Phi) is 3.39. The number of ketones is 1. The van der Waals surface area contributed by atoms with Crippen molar-refractivity contribution in [3.05, 3.63) is 41.2 Å². The molecule has 1 aliphatic carbocycles. The lowest BCUT2D eigenvalue weighted by molar-refractivity contribution is -0.114. The first kappa shape index (κ1) is 15.1. The number of aromatic hydroxyl groups is 1. The number of hydrogen-bond acceptors (Lipinski definition) is 6. The number of aliphatic hydroxyl groups excluding tert-OH is 1. The Bertz CT molecular complexity index is 774. The summed E-state index contributed by atoms with van der Waals surface area (Å²) in [7, 11) is 0. The maximum atomic E-state index is 12.2. The van der Waals surface area contributed by atoms with Gasteiger partial charge in [0.25, 0.3) is 0 Å². The van der Waals surface area contributed by atoms with Gasteiger partial charge in [-0.3, -0.25) is 4.79 Å². The van der Waals surface area contributed by atoms with E-state index in [4.69, 9.17) is 9.47 Å². The summed E-state index contributed by atoms with van der Waals surface area (Å²) in [4.78, 5) is 24.0. The van der Waals surface area contributed by atoms with E-state index < -0.39 is 23.1 Å². The van der Waals surface area contributed by atoms with Gasteiger partial charge in [-0.25, -0.2) is 4.79 Å². The molecule has 2 aliphatic rings. The Labute approximate surface area is 132 Å². The minimum Gasteiger partial charge on any atom is -0.507 e. The first-order valence-electron chi connectivity index (χ1n) is 7.27. The monoisotopic (exact) mass is 316 g/mol. The fourth-order valence-corrected chi connectivity index (χ4v) is 2.76. The van der Waals surface area contributed by atoms with Crippen LogP contribution in [-0.4, -0.2) is 34.2 Å². The molecule has 1 unspecified atom stereocenters. The van der Waals surface area contributed by atoms with Gasteiger partial charge in [-0.15, -0.1) is 0 Å². The maximum absolute atomic E-state index is 12.2. The molecule has 0 amide bonds. The van der Waals surface area contributed by atoms with Gasteiger partial charge in [0.2, 0.25) is 5.78 Å². The van der Waals surface area contributed by atoms with Crippen molar-refractivity contribution < 1.29 is 29.3 Å². The molecule has 6 heteroatoms. The second-order valence-electron chi connectivity index (χ2n) is 5.66. The Balaban J connectivity index is 2.19. The number of esters is 1. The highest BCUT2D eigenvalue weighted by atomic mass is 16.6. The van der Waals surface area contributed by atoms with Crippen molar-refractivity contribution in [3.8, 4) is 11.5 Å². The van der Waals surface area contributed by atoms with Crippen molar-refractivity contribution in [3.63, 3.8) is 0 Å². The van der Waals surface area contributed by atoms with Crippen LogP contribution in [0.1, 0.15) is 36.2 Å². The Morgan fingerprint density at radius 3 is 2.70 bits per heavy atom. The number of hydrogen-bond donors (Lipinski definition) is 2. The number of phenolic OH excluding ortho intramolecular Hbond substituents is 1. The van der Waals surface area contributed by atoms with Crippen molar-refractivity contribution >= 4 is 17.3 Å². The van der Waals surface area contributed by atoms with Crippen LogP contribution in [0, 0.1) is 0 Å². The molecule has 1 aromatic rings. The largest absolute Gasteiger partial charge is 0.507 e. The molecule has 1 aromatic carbocycles. The molecule has 0 saturated heterocycles. The molecule has 2 N–H and O–H groups in total. The molecule has 0 saturated carbocycles. The number of rotatable bonds is 3. The molecule has 3 rings (SSSR count). The van der Waals surface area contributed by atoms with Crippen molar-refractivity contribution in [1.29, 1.82) is 0 Å². The zero-order chi connectivity index (χ0) is 16.8. The van der Waals surface area contributed by atoms with Crippen LogP contribution in [0.3, 0.4) is 0 Å². The van der Waals surface area contributed by atoms with Gasteiger partial charge < -0.3 is 19.7 Å². The zero-order valence-electron chi connectivity index (χ0n) is 12.8. The van der Waals surface area contributed by atoms with E-state index in [0.717, 1.165) is 6.42 Å². The average molecular weight is 316 g/mol. The molecule has 23 heavy (non-hydrogen) atoms. The van der Waals surface area contributed by atoms with Gasteiger partial charge in [-0.1, -0.05) is 6.92 Å². The molecule has 0 radical (unpaired) electrons. The van der Waals surface area contributed by atoms with E-state index in [1.165, 1.54) is 18.2 Å². The van der Waals surface area contributed by atoms with Crippen LogP contribution in [-0.2, 0) is 9.53 Å². The standard InChI is InChI=1S/C17H16O6/c1-3-4-22-9-5-10-11-7-12(18)14(20)8-17(11,2)23-16(21)15(10)13(19)6-9/h5-8,19-20H,3-4H2,1-2H3. The minimum atomic E-state index is -1.27. The molecule has 1 heterocycles. The lowest BCUT2D eigenvalue weighted by Gasteiger charge is -2.36. The number of phenols is 1. The third kappa shape index (κ3) is 2.36. The minimum absolute atomic E-state index is 0.0137. The smallest absolute Gasteiger partial charge is 0.343 e. The van der Waals surface area contributed by atoms with Gasteiger partial charge in [0.15, 0.2) is 11.4 Å². The molecule has 1 atom stereocenters. The average Bonchev–Trinajstić information content (AvgIpc) is 2.47. The summed E-state index contributed by atoms with van der Waals surface area (Å²) >= 11 is 0. The molecular weight excluding hydrogens is 300 g/mol. The van der Waals surface area contributed by atoms with Crippen LogP contribution < -0.4 is 4.74 Å². The van der Waals surface area contributed by atoms with Gasteiger partial charge in [0.05, 0.1) is 6.61 Å². The molecule has 0 aromatic heterocycles. The first-order valence-corrected chi connectivity index (χ1v) is 7.27. The van der Waals surface area contributed by atoms with Gasteiger partial charge in [0.1, 0.15) is 17.1 Å². The highest BCUT2D eigenvalue weighted by Crippen LogP contribution is 2.45. The van der Waals surface area contributed by atoms with Gasteiger partial charge >= 0.3 is 5.97 Å². The lowest BCUT2D eigenvalue weighted by Crippen LogP contribution is -2.39. The zero-order valence-corrected chi connectivity index (χ0v) is 12.8. The Morgan fingerprint density at radius 2 is 2.00 bits per heavy atom. The molecule has 0 spiro atoms. The predicted octanol–water partition coefficient (Wildman–Crippen LogP) is 2.52. The first-order chi connectivity index (χ1) is 10.9. The summed E-state index contributed by atoms with van der Waals surface area (Å²) in [5.41, 5.74) is -0.517. The van der Waals surface area contributed by atoms with E-state index in [1.54, 1.807) is 13.0 Å². The summed E-state index contributed by atoms with van der Waals surface area (Å²) < 4.78 is 10.8. The fraction of sp³-hybridized carbons (Fsp3) is 0.294. The topological polar surface area (TPSA) is 93.1 Å². The summed E-state index contributed by atoms with van der Waals surface area (Å²) in [5.74, 6) is -1.66. The van der Waals surface area contributed by atoms with Crippen LogP contribution in [0.4, 0.5) is 0 Å². The molecular formula is C17H16O6. The van der Waals surface area contributed by atoms with E-state index in [-0.39, 0.29) is 11.3 Å². The number of aliphatic hydroxyl groups is 1. The lowest BCUT2D eigenvalue weighted by atomic mass is 9.80. The quantitative estimate of drug-likeness (QED) is 0.832. The number of carbonyl (C=O) groups excluding carboxylic acids is 2. The van der Waals surface area contributed by atoms with Gasteiger partial charge in [-0.2, -0.15) is 0 Å². The normalized spacial score (nSPS) is 22.5. The second-order valence-corrected chi connectivity index (χ2v) is 5.66. The molecule has 120 valence electrons. The molecule has 1 aliphatic heterocycles. The molecule has 0 bridgehead atoms. The van der Waals surface area contributed by atoms with Crippen LogP contribution >= 0.6 is 0 Å². The van der Waals surface area contributed by atoms with E-state index in [9.17, 15) is 19.8 Å². The number of allylic oxidation sites excluding steroid dienone is 1.